The van der Waals surface area contributed by atoms with Crippen molar-refractivity contribution in [2.45, 2.75) is 38.6 Å². The molecular weight excluding hydrogens is 278 g/mol. The van der Waals surface area contributed by atoms with E-state index in [0.717, 1.165) is 12.5 Å². The molecule has 21 heavy (non-hydrogen) atoms. The second kappa shape index (κ2) is 8.32. The van der Waals surface area contributed by atoms with Crippen LogP contribution in [0.5, 0.6) is 0 Å². The number of benzene rings is 1. The van der Waals surface area contributed by atoms with E-state index in [0.29, 0.717) is 12.0 Å². The number of aryl methyl sites for hydroxylation is 1. The molecule has 1 saturated heterocycles. The molecule has 116 valence electrons. The van der Waals surface area contributed by atoms with E-state index in [1.54, 1.807) is 0 Å². The van der Waals surface area contributed by atoms with Gasteiger partial charge >= 0.3 is 0 Å². The van der Waals surface area contributed by atoms with Gasteiger partial charge < -0.3 is 10.6 Å². The van der Waals surface area contributed by atoms with Gasteiger partial charge in [0.2, 0.25) is 0 Å². The van der Waals surface area contributed by atoms with Gasteiger partial charge in [-0.05, 0) is 37.0 Å². The third-order valence-electron chi connectivity index (χ3n) is 3.95. The SMILES string of the molecule is CN=C(NCC(C)c1ccc(C)cc1)NC1CCCSC1. The smallest absolute Gasteiger partial charge is 0.191 e. The molecule has 0 spiro atoms. The second-order valence-corrected chi connectivity index (χ2v) is 6.97. The lowest BCUT2D eigenvalue weighted by atomic mass is 10.0. The first-order valence-electron chi connectivity index (χ1n) is 7.80. The minimum Gasteiger partial charge on any atom is -0.356 e. The highest BCUT2D eigenvalue weighted by Crippen LogP contribution is 2.17. The molecule has 0 radical (unpaired) electrons. The summed E-state index contributed by atoms with van der Waals surface area (Å²) >= 11 is 2.03. The van der Waals surface area contributed by atoms with E-state index in [9.17, 15) is 0 Å². The van der Waals surface area contributed by atoms with Gasteiger partial charge in [0.1, 0.15) is 0 Å². The van der Waals surface area contributed by atoms with Crippen LogP contribution in [-0.2, 0) is 0 Å². The molecule has 1 fully saturated rings. The van der Waals surface area contributed by atoms with Crippen molar-refractivity contribution >= 4 is 17.7 Å². The summed E-state index contributed by atoms with van der Waals surface area (Å²) in [6, 6.07) is 9.35. The lowest BCUT2D eigenvalue weighted by Gasteiger charge is -2.25. The van der Waals surface area contributed by atoms with Gasteiger partial charge in [0, 0.05) is 25.4 Å². The van der Waals surface area contributed by atoms with E-state index < -0.39 is 0 Å². The fourth-order valence-electron chi connectivity index (χ4n) is 2.51. The molecule has 3 nitrogen and oxygen atoms in total. The molecular formula is C17H27N3S. The number of aliphatic imine (C=N–C) groups is 1. The highest BCUT2D eigenvalue weighted by molar-refractivity contribution is 7.99. The zero-order chi connectivity index (χ0) is 15.1. The van der Waals surface area contributed by atoms with Crippen molar-refractivity contribution in [3.63, 3.8) is 0 Å². The molecule has 0 aliphatic carbocycles. The number of guanidine groups is 1. The summed E-state index contributed by atoms with van der Waals surface area (Å²) in [6.07, 6.45) is 2.56. The van der Waals surface area contributed by atoms with Gasteiger partial charge in [-0.15, -0.1) is 0 Å². The third kappa shape index (κ3) is 5.27. The first-order valence-corrected chi connectivity index (χ1v) is 8.96. The van der Waals surface area contributed by atoms with Crippen LogP contribution in [0.25, 0.3) is 0 Å². The van der Waals surface area contributed by atoms with Crippen LogP contribution in [0.2, 0.25) is 0 Å². The zero-order valence-corrected chi connectivity index (χ0v) is 14.2. The van der Waals surface area contributed by atoms with Gasteiger partial charge in [-0.1, -0.05) is 36.8 Å². The summed E-state index contributed by atoms with van der Waals surface area (Å²) in [4.78, 5) is 4.35. The molecule has 2 unspecified atom stereocenters. The Hall–Kier alpha value is -1.16. The van der Waals surface area contributed by atoms with Crippen molar-refractivity contribution in [1.29, 1.82) is 0 Å². The fraction of sp³-hybridized carbons (Fsp3) is 0.588. The minimum absolute atomic E-state index is 0.477. The van der Waals surface area contributed by atoms with E-state index in [1.807, 2.05) is 18.8 Å². The Kier molecular flexibility index (Phi) is 6.43. The molecule has 2 rings (SSSR count). The molecule has 1 aromatic carbocycles. The zero-order valence-electron chi connectivity index (χ0n) is 13.4. The molecule has 1 heterocycles. The molecule has 1 aliphatic rings. The predicted molar refractivity (Wildman–Crippen MR) is 94.4 cm³/mol. The van der Waals surface area contributed by atoms with Crippen LogP contribution in [0, 0.1) is 6.92 Å². The molecule has 2 atom stereocenters. The van der Waals surface area contributed by atoms with Crippen molar-refractivity contribution in [3.05, 3.63) is 35.4 Å². The van der Waals surface area contributed by atoms with Crippen molar-refractivity contribution < 1.29 is 0 Å². The maximum Gasteiger partial charge on any atom is 0.191 e. The monoisotopic (exact) mass is 305 g/mol. The van der Waals surface area contributed by atoms with Gasteiger partial charge in [-0.25, -0.2) is 0 Å². The van der Waals surface area contributed by atoms with E-state index in [4.69, 9.17) is 0 Å². The van der Waals surface area contributed by atoms with Crippen molar-refractivity contribution in [1.82, 2.24) is 10.6 Å². The van der Waals surface area contributed by atoms with Gasteiger partial charge in [-0.2, -0.15) is 11.8 Å². The molecule has 0 bridgehead atoms. The Labute approximate surface area is 133 Å². The summed E-state index contributed by atoms with van der Waals surface area (Å²) in [5.74, 6) is 3.90. The minimum atomic E-state index is 0.477. The summed E-state index contributed by atoms with van der Waals surface area (Å²) in [5.41, 5.74) is 2.68. The number of hydrogen-bond acceptors (Lipinski definition) is 2. The number of rotatable bonds is 4. The predicted octanol–water partition coefficient (Wildman–Crippen LogP) is 3.16. The van der Waals surface area contributed by atoms with Crippen LogP contribution < -0.4 is 10.6 Å². The Balaban J connectivity index is 1.80. The van der Waals surface area contributed by atoms with Gasteiger partial charge in [-0.3, -0.25) is 4.99 Å². The second-order valence-electron chi connectivity index (χ2n) is 5.82. The van der Waals surface area contributed by atoms with Gasteiger partial charge in [0.05, 0.1) is 0 Å². The van der Waals surface area contributed by atoms with E-state index >= 15 is 0 Å². The van der Waals surface area contributed by atoms with Crippen molar-refractivity contribution in [2.75, 3.05) is 25.1 Å². The van der Waals surface area contributed by atoms with Gasteiger partial charge in [0.25, 0.3) is 0 Å². The molecule has 0 amide bonds. The maximum atomic E-state index is 4.35. The molecule has 1 aliphatic heterocycles. The fourth-order valence-corrected chi connectivity index (χ4v) is 3.58. The lowest BCUT2D eigenvalue weighted by molar-refractivity contribution is 0.577. The average Bonchev–Trinajstić information content (AvgIpc) is 2.52. The standard InChI is InChI=1S/C17H27N3S/c1-13-6-8-15(9-7-13)14(2)11-19-17(18-3)20-16-5-4-10-21-12-16/h6-9,14,16H,4-5,10-12H2,1-3H3,(H2,18,19,20). The Morgan fingerprint density at radius 2 is 2.14 bits per heavy atom. The quantitative estimate of drug-likeness (QED) is 0.663. The van der Waals surface area contributed by atoms with Crippen LogP contribution in [0.15, 0.2) is 29.3 Å². The van der Waals surface area contributed by atoms with Crippen molar-refractivity contribution in [3.8, 4) is 0 Å². The molecule has 0 saturated carbocycles. The summed E-state index contributed by atoms with van der Waals surface area (Å²) in [7, 11) is 1.85. The molecule has 1 aromatic rings. The van der Waals surface area contributed by atoms with Crippen LogP contribution in [0.4, 0.5) is 0 Å². The van der Waals surface area contributed by atoms with Gasteiger partial charge in [0.15, 0.2) is 5.96 Å². The summed E-state index contributed by atoms with van der Waals surface area (Å²) in [5, 5.41) is 7.00. The number of nitrogens with zero attached hydrogens (tertiary/aromatic N) is 1. The topological polar surface area (TPSA) is 36.4 Å². The van der Waals surface area contributed by atoms with E-state index in [1.165, 1.54) is 35.5 Å². The molecule has 4 heteroatoms. The number of nitrogens with one attached hydrogen (secondary N) is 2. The Morgan fingerprint density at radius 1 is 1.38 bits per heavy atom. The van der Waals surface area contributed by atoms with Crippen LogP contribution in [0.3, 0.4) is 0 Å². The normalized spacial score (nSPS) is 20.9. The first-order chi connectivity index (χ1) is 10.2. The third-order valence-corrected chi connectivity index (χ3v) is 5.16. The Bertz CT molecular complexity index is 450. The van der Waals surface area contributed by atoms with Crippen LogP contribution >= 0.6 is 11.8 Å². The Morgan fingerprint density at radius 3 is 2.76 bits per heavy atom. The van der Waals surface area contributed by atoms with Crippen molar-refractivity contribution in [2.24, 2.45) is 4.99 Å². The average molecular weight is 305 g/mol. The maximum absolute atomic E-state index is 4.35. The lowest BCUT2D eigenvalue weighted by Crippen LogP contribution is -2.46. The van der Waals surface area contributed by atoms with Crippen LogP contribution in [0.1, 0.15) is 36.8 Å². The highest BCUT2D eigenvalue weighted by Gasteiger charge is 2.15. The van der Waals surface area contributed by atoms with E-state index in [-0.39, 0.29) is 0 Å². The first kappa shape index (κ1) is 16.2. The number of thioether (sulfide) groups is 1. The van der Waals surface area contributed by atoms with Crippen LogP contribution in [-0.4, -0.2) is 37.1 Å². The summed E-state index contributed by atoms with van der Waals surface area (Å²) in [6.45, 7) is 5.28. The van der Waals surface area contributed by atoms with E-state index in [2.05, 4.69) is 53.7 Å². The highest BCUT2D eigenvalue weighted by atomic mass is 32.2. The molecule has 2 N–H and O–H groups in total. The summed E-state index contributed by atoms with van der Waals surface area (Å²) < 4.78 is 0. The molecule has 0 aromatic heterocycles. The largest absolute Gasteiger partial charge is 0.356 e. The number of hydrogen-bond donors (Lipinski definition) is 2.